The Kier molecular flexibility index (Phi) is 3.48. The molecule has 0 aliphatic carbocycles. The molecule has 2 heterocycles. The number of halogens is 1. The first-order chi connectivity index (χ1) is 10.1. The zero-order valence-corrected chi connectivity index (χ0v) is 11.6. The van der Waals surface area contributed by atoms with E-state index in [1.165, 1.54) is 12.1 Å². The minimum atomic E-state index is -0.280. The molecule has 0 aliphatic rings. The summed E-state index contributed by atoms with van der Waals surface area (Å²) in [7, 11) is 0. The Morgan fingerprint density at radius 2 is 2.24 bits per heavy atom. The molecule has 2 N–H and O–H groups in total. The lowest BCUT2D eigenvalue weighted by Gasteiger charge is -2.02. The average molecular weight is 286 g/mol. The van der Waals surface area contributed by atoms with E-state index in [0.717, 1.165) is 16.7 Å². The molecule has 0 fully saturated rings. The smallest absolute Gasteiger partial charge is 0.267 e. The first kappa shape index (κ1) is 13.4. The van der Waals surface area contributed by atoms with Crippen molar-refractivity contribution < 1.29 is 13.6 Å². The van der Waals surface area contributed by atoms with Crippen LogP contribution in [0.2, 0.25) is 0 Å². The highest BCUT2D eigenvalue weighted by molar-refractivity contribution is 5.92. The number of amides is 1. The Morgan fingerprint density at radius 3 is 3.00 bits per heavy atom. The predicted molar refractivity (Wildman–Crippen MR) is 77.7 cm³/mol. The van der Waals surface area contributed by atoms with Gasteiger partial charge in [-0.2, -0.15) is 0 Å². The second-order valence-electron chi connectivity index (χ2n) is 4.88. The number of aromatic amines is 1. The third-order valence-electron chi connectivity index (χ3n) is 3.48. The number of carbonyl (C=O) groups excluding carboxylic acids is 1. The second-order valence-corrected chi connectivity index (χ2v) is 4.88. The van der Waals surface area contributed by atoms with E-state index < -0.39 is 0 Å². The topological polar surface area (TPSA) is 58.0 Å². The number of carbonyl (C=O) groups is 1. The van der Waals surface area contributed by atoms with Crippen molar-refractivity contribution >= 4 is 16.9 Å². The first-order valence-corrected chi connectivity index (χ1v) is 6.74. The zero-order chi connectivity index (χ0) is 14.8. The monoisotopic (exact) mass is 286 g/mol. The molecule has 108 valence electrons. The van der Waals surface area contributed by atoms with Crippen LogP contribution in [0.15, 0.2) is 40.9 Å². The van der Waals surface area contributed by atoms with Gasteiger partial charge in [0.1, 0.15) is 22.9 Å². The number of furan rings is 1. The summed E-state index contributed by atoms with van der Waals surface area (Å²) < 4.78 is 18.9. The van der Waals surface area contributed by atoms with Crippen molar-refractivity contribution in [1.82, 2.24) is 10.3 Å². The van der Waals surface area contributed by atoms with Crippen molar-refractivity contribution in [1.29, 1.82) is 0 Å². The van der Waals surface area contributed by atoms with Crippen LogP contribution in [0.1, 0.15) is 21.8 Å². The summed E-state index contributed by atoms with van der Waals surface area (Å²) >= 11 is 0. The van der Waals surface area contributed by atoms with Gasteiger partial charge in [-0.1, -0.05) is 0 Å². The van der Waals surface area contributed by atoms with Gasteiger partial charge in [0.25, 0.3) is 5.91 Å². The average Bonchev–Trinajstić information content (AvgIpc) is 3.09. The van der Waals surface area contributed by atoms with E-state index in [2.05, 4.69) is 10.3 Å². The Morgan fingerprint density at radius 1 is 1.38 bits per heavy atom. The molecule has 0 aliphatic heterocycles. The van der Waals surface area contributed by atoms with Gasteiger partial charge in [0.2, 0.25) is 0 Å². The molecule has 4 nitrogen and oxygen atoms in total. The normalized spacial score (nSPS) is 11.0. The Bertz CT molecular complexity index is 775. The fraction of sp³-hybridized carbons (Fsp3) is 0.188. The minimum absolute atomic E-state index is 0.153. The van der Waals surface area contributed by atoms with Gasteiger partial charge < -0.3 is 14.7 Å². The summed E-state index contributed by atoms with van der Waals surface area (Å²) in [4.78, 5) is 14.6. The fourth-order valence-corrected chi connectivity index (χ4v) is 2.34. The van der Waals surface area contributed by atoms with Crippen LogP contribution >= 0.6 is 0 Å². The van der Waals surface area contributed by atoms with Crippen molar-refractivity contribution in [3.8, 4) is 0 Å². The number of hydrogen-bond acceptors (Lipinski definition) is 2. The van der Waals surface area contributed by atoms with Crippen LogP contribution in [-0.2, 0) is 6.42 Å². The number of aromatic nitrogens is 1. The van der Waals surface area contributed by atoms with Crippen molar-refractivity contribution in [2.24, 2.45) is 0 Å². The van der Waals surface area contributed by atoms with Crippen molar-refractivity contribution in [2.75, 3.05) is 6.54 Å². The van der Waals surface area contributed by atoms with Crippen LogP contribution < -0.4 is 5.32 Å². The molecule has 3 aromatic rings. The number of rotatable bonds is 4. The number of aryl methyl sites for hydroxylation is 1. The molecule has 5 heteroatoms. The highest BCUT2D eigenvalue weighted by atomic mass is 19.1. The van der Waals surface area contributed by atoms with Gasteiger partial charge in [-0.25, -0.2) is 4.39 Å². The van der Waals surface area contributed by atoms with Crippen molar-refractivity contribution in [2.45, 2.75) is 13.3 Å². The highest BCUT2D eigenvalue weighted by Crippen LogP contribution is 2.26. The molecule has 0 unspecified atom stereocenters. The van der Waals surface area contributed by atoms with Gasteiger partial charge in [-0.05, 0) is 42.8 Å². The molecule has 0 atom stereocenters. The van der Waals surface area contributed by atoms with Gasteiger partial charge in [0.05, 0.1) is 0 Å². The van der Waals surface area contributed by atoms with Crippen LogP contribution in [0.4, 0.5) is 4.39 Å². The van der Waals surface area contributed by atoms with Crippen LogP contribution in [-0.4, -0.2) is 17.4 Å². The van der Waals surface area contributed by atoms with Crippen molar-refractivity contribution in [3.05, 3.63) is 59.4 Å². The predicted octanol–water partition coefficient (Wildman–Crippen LogP) is 3.18. The number of benzene rings is 1. The number of nitrogens with one attached hydrogen (secondary N) is 2. The van der Waals surface area contributed by atoms with Crippen molar-refractivity contribution in [3.63, 3.8) is 0 Å². The largest absolute Gasteiger partial charge is 0.461 e. The number of hydrogen-bond donors (Lipinski definition) is 2. The molecule has 0 saturated heterocycles. The maximum atomic E-state index is 13.2. The molecule has 0 spiro atoms. The van der Waals surface area contributed by atoms with Gasteiger partial charge in [-0.3, -0.25) is 4.79 Å². The van der Waals surface area contributed by atoms with E-state index in [9.17, 15) is 9.18 Å². The second kappa shape index (κ2) is 5.44. The minimum Gasteiger partial charge on any atom is -0.461 e. The SMILES string of the molecule is Cc1c(CCNC(=O)c2ccc[nH]2)oc2ccc(F)cc12. The molecule has 0 bridgehead atoms. The lowest BCUT2D eigenvalue weighted by Crippen LogP contribution is -2.25. The molecule has 1 amide bonds. The quantitative estimate of drug-likeness (QED) is 0.774. The molecular formula is C16H15FN2O2. The lowest BCUT2D eigenvalue weighted by atomic mass is 10.1. The van der Waals surface area contributed by atoms with E-state index in [-0.39, 0.29) is 11.7 Å². The van der Waals surface area contributed by atoms with Crippen LogP contribution in [0.25, 0.3) is 11.0 Å². The third-order valence-corrected chi connectivity index (χ3v) is 3.48. The van der Waals surface area contributed by atoms with Crippen LogP contribution in [0.5, 0.6) is 0 Å². The summed E-state index contributed by atoms with van der Waals surface area (Å²) in [6.45, 7) is 2.36. The maximum Gasteiger partial charge on any atom is 0.267 e. The standard InChI is InChI=1S/C16H15FN2O2/c1-10-12-9-11(17)4-5-15(12)21-14(10)6-8-19-16(20)13-3-2-7-18-13/h2-5,7,9,18H,6,8H2,1H3,(H,19,20). The number of fused-ring (bicyclic) bond motifs is 1. The van der Waals surface area contributed by atoms with Crippen LogP contribution in [0.3, 0.4) is 0 Å². The van der Waals surface area contributed by atoms with E-state index in [4.69, 9.17) is 4.42 Å². The lowest BCUT2D eigenvalue weighted by molar-refractivity contribution is 0.0949. The Hall–Kier alpha value is -2.56. The van der Waals surface area contributed by atoms with E-state index in [0.29, 0.717) is 24.2 Å². The van der Waals surface area contributed by atoms with Gasteiger partial charge >= 0.3 is 0 Å². The summed E-state index contributed by atoms with van der Waals surface area (Å²) in [5.74, 6) is 0.334. The fourth-order valence-electron chi connectivity index (χ4n) is 2.34. The maximum absolute atomic E-state index is 13.2. The molecule has 0 radical (unpaired) electrons. The van der Waals surface area contributed by atoms with Gasteiger partial charge in [0.15, 0.2) is 0 Å². The van der Waals surface area contributed by atoms with E-state index >= 15 is 0 Å². The Balaban J connectivity index is 1.68. The molecule has 3 rings (SSSR count). The molecule has 21 heavy (non-hydrogen) atoms. The Labute approximate surface area is 121 Å². The molecule has 1 aromatic carbocycles. The van der Waals surface area contributed by atoms with Gasteiger partial charge in [0, 0.05) is 24.5 Å². The zero-order valence-electron chi connectivity index (χ0n) is 11.6. The van der Waals surface area contributed by atoms with Crippen LogP contribution in [0, 0.1) is 12.7 Å². The molecule has 0 saturated carbocycles. The highest BCUT2D eigenvalue weighted by Gasteiger charge is 2.12. The first-order valence-electron chi connectivity index (χ1n) is 6.74. The molecular weight excluding hydrogens is 271 g/mol. The van der Waals surface area contributed by atoms with E-state index in [1.54, 1.807) is 24.4 Å². The van der Waals surface area contributed by atoms with Gasteiger partial charge in [-0.15, -0.1) is 0 Å². The number of H-pyrrole nitrogens is 1. The molecule has 2 aromatic heterocycles. The third kappa shape index (κ3) is 2.67. The van der Waals surface area contributed by atoms with E-state index in [1.807, 2.05) is 6.92 Å². The summed E-state index contributed by atoms with van der Waals surface area (Å²) in [6.07, 6.45) is 2.27. The summed E-state index contributed by atoms with van der Waals surface area (Å²) in [5.41, 5.74) is 2.11. The summed E-state index contributed by atoms with van der Waals surface area (Å²) in [5, 5.41) is 3.59. The summed E-state index contributed by atoms with van der Waals surface area (Å²) in [6, 6.07) is 7.95.